The Kier molecular flexibility index (Phi) is 3.92. The first-order valence-electron chi connectivity index (χ1n) is 6.99. The predicted molar refractivity (Wildman–Crippen MR) is 87.0 cm³/mol. The van der Waals surface area contributed by atoms with E-state index in [1.807, 2.05) is 6.07 Å². The molecule has 3 aromatic rings. The van der Waals surface area contributed by atoms with E-state index < -0.39 is 0 Å². The van der Waals surface area contributed by atoms with Gasteiger partial charge in [0.25, 0.3) is 11.8 Å². The number of anilines is 1. The summed E-state index contributed by atoms with van der Waals surface area (Å²) < 4.78 is 0. The molecule has 7 nitrogen and oxygen atoms in total. The van der Waals surface area contributed by atoms with Crippen molar-refractivity contribution < 1.29 is 9.59 Å². The van der Waals surface area contributed by atoms with Crippen LogP contribution in [0.15, 0.2) is 48.8 Å². The minimum Gasteiger partial charge on any atom is -0.359 e. The monoisotopic (exact) mass is 309 g/mol. The highest BCUT2D eigenvalue weighted by molar-refractivity contribution is 6.05. The summed E-state index contributed by atoms with van der Waals surface area (Å²) in [6.07, 6.45) is 3.25. The van der Waals surface area contributed by atoms with E-state index in [4.69, 9.17) is 0 Å². The average molecular weight is 309 g/mol. The summed E-state index contributed by atoms with van der Waals surface area (Å²) >= 11 is 0. The molecule has 0 unspecified atom stereocenters. The molecule has 2 aromatic heterocycles. The molecule has 0 bridgehead atoms. The lowest BCUT2D eigenvalue weighted by Gasteiger charge is -2.08. The van der Waals surface area contributed by atoms with Gasteiger partial charge in [-0.1, -0.05) is 0 Å². The van der Waals surface area contributed by atoms with Gasteiger partial charge in [0.2, 0.25) is 0 Å². The zero-order chi connectivity index (χ0) is 16.2. The van der Waals surface area contributed by atoms with Crippen LogP contribution < -0.4 is 16.2 Å². The number of carbonyl (C=O) groups is 2. The molecule has 2 amide bonds. The molecule has 2 heterocycles. The van der Waals surface area contributed by atoms with E-state index in [0.29, 0.717) is 22.3 Å². The van der Waals surface area contributed by atoms with E-state index in [0.717, 1.165) is 5.52 Å². The Labute approximate surface area is 132 Å². The molecule has 0 saturated carbocycles. The van der Waals surface area contributed by atoms with Gasteiger partial charge in [-0.3, -0.25) is 25.4 Å². The van der Waals surface area contributed by atoms with Crippen molar-refractivity contribution in [1.29, 1.82) is 0 Å². The van der Waals surface area contributed by atoms with Crippen LogP contribution in [0.3, 0.4) is 0 Å². The summed E-state index contributed by atoms with van der Waals surface area (Å²) in [5.41, 5.74) is 8.49. The number of hydrogen-bond donors (Lipinski definition) is 4. The standard InChI is InChI=1S/C16H15N5O2/c1-17-15(22)10-4-6-11(7-5-10)20-21-16(23)12-9-19-13-3-2-8-18-14(12)13/h2-9,19-20H,1H3,(H,17,22)(H,21,23). The van der Waals surface area contributed by atoms with Gasteiger partial charge in [-0.05, 0) is 36.4 Å². The summed E-state index contributed by atoms with van der Waals surface area (Å²) in [5, 5.41) is 2.55. The van der Waals surface area contributed by atoms with E-state index in [2.05, 4.69) is 26.1 Å². The van der Waals surface area contributed by atoms with E-state index >= 15 is 0 Å². The van der Waals surface area contributed by atoms with E-state index in [1.54, 1.807) is 49.8 Å². The molecule has 4 N–H and O–H groups in total. The highest BCUT2D eigenvalue weighted by Crippen LogP contribution is 2.15. The lowest BCUT2D eigenvalue weighted by molar-refractivity contribution is 0.0954. The van der Waals surface area contributed by atoms with E-state index in [-0.39, 0.29) is 11.8 Å². The largest absolute Gasteiger partial charge is 0.359 e. The van der Waals surface area contributed by atoms with Gasteiger partial charge in [0.15, 0.2) is 0 Å². The van der Waals surface area contributed by atoms with Crippen LogP contribution in [0.1, 0.15) is 20.7 Å². The van der Waals surface area contributed by atoms with Crippen molar-refractivity contribution in [3.05, 3.63) is 59.9 Å². The fourth-order valence-corrected chi connectivity index (χ4v) is 2.17. The van der Waals surface area contributed by atoms with E-state index in [1.165, 1.54) is 0 Å². The number of hydrazine groups is 1. The second kappa shape index (κ2) is 6.18. The highest BCUT2D eigenvalue weighted by Gasteiger charge is 2.12. The lowest BCUT2D eigenvalue weighted by atomic mass is 10.2. The Morgan fingerprint density at radius 2 is 1.87 bits per heavy atom. The van der Waals surface area contributed by atoms with Gasteiger partial charge < -0.3 is 10.3 Å². The number of pyridine rings is 1. The summed E-state index contributed by atoms with van der Waals surface area (Å²) in [6, 6.07) is 10.4. The minimum atomic E-state index is -0.301. The van der Waals surface area contributed by atoms with Crippen LogP contribution in [0, 0.1) is 0 Å². The van der Waals surface area contributed by atoms with Crippen molar-refractivity contribution in [3.8, 4) is 0 Å². The van der Waals surface area contributed by atoms with Gasteiger partial charge in [-0.15, -0.1) is 0 Å². The molecule has 3 rings (SSSR count). The molecular formula is C16H15N5O2. The molecule has 0 aliphatic heterocycles. The van der Waals surface area contributed by atoms with Gasteiger partial charge in [0.05, 0.1) is 16.8 Å². The average Bonchev–Trinajstić information content (AvgIpc) is 3.03. The number of H-pyrrole nitrogens is 1. The third kappa shape index (κ3) is 2.98. The predicted octanol–water partition coefficient (Wildman–Crippen LogP) is 1.68. The van der Waals surface area contributed by atoms with Gasteiger partial charge in [0.1, 0.15) is 5.52 Å². The van der Waals surface area contributed by atoms with Crippen LogP contribution in [0.5, 0.6) is 0 Å². The second-order valence-electron chi connectivity index (χ2n) is 4.84. The molecule has 0 fully saturated rings. The number of hydrogen-bond acceptors (Lipinski definition) is 4. The molecular weight excluding hydrogens is 294 g/mol. The Morgan fingerprint density at radius 3 is 2.61 bits per heavy atom. The summed E-state index contributed by atoms with van der Waals surface area (Å²) in [5.74, 6) is -0.462. The molecule has 7 heteroatoms. The number of rotatable bonds is 4. The van der Waals surface area contributed by atoms with Crippen molar-refractivity contribution in [2.75, 3.05) is 12.5 Å². The number of carbonyl (C=O) groups excluding carboxylic acids is 2. The van der Waals surface area contributed by atoms with Crippen molar-refractivity contribution in [2.45, 2.75) is 0 Å². The van der Waals surface area contributed by atoms with Crippen LogP contribution >= 0.6 is 0 Å². The lowest BCUT2D eigenvalue weighted by Crippen LogP contribution is -2.29. The SMILES string of the molecule is CNC(=O)c1ccc(NNC(=O)c2c[nH]c3cccnc23)cc1. The molecule has 0 atom stereocenters. The van der Waals surface area contributed by atoms with Crippen LogP contribution in [0.2, 0.25) is 0 Å². The molecule has 0 saturated heterocycles. The number of fused-ring (bicyclic) bond motifs is 1. The maximum atomic E-state index is 12.2. The first-order chi connectivity index (χ1) is 11.2. The van der Waals surface area contributed by atoms with Crippen LogP contribution in [0.25, 0.3) is 11.0 Å². The van der Waals surface area contributed by atoms with Gasteiger partial charge in [0, 0.05) is 25.0 Å². The van der Waals surface area contributed by atoms with Gasteiger partial charge in [-0.25, -0.2) is 0 Å². The van der Waals surface area contributed by atoms with Gasteiger partial charge >= 0.3 is 0 Å². The number of nitrogens with one attached hydrogen (secondary N) is 4. The quantitative estimate of drug-likeness (QED) is 0.551. The molecule has 0 aliphatic carbocycles. The van der Waals surface area contributed by atoms with Gasteiger partial charge in [-0.2, -0.15) is 0 Å². The maximum absolute atomic E-state index is 12.2. The smallest absolute Gasteiger partial charge is 0.273 e. The number of amides is 2. The second-order valence-corrected chi connectivity index (χ2v) is 4.84. The molecule has 0 radical (unpaired) electrons. The first kappa shape index (κ1) is 14.6. The summed E-state index contributed by atoms with van der Waals surface area (Å²) in [7, 11) is 1.57. The summed E-state index contributed by atoms with van der Waals surface area (Å²) in [6.45, 7) is 0. The molecule has 116 valence electrons. The van der Waals surface area contributed by atoms with E-state index in [9.17, 15) is 9.59 Å². The van der Waals surface area contributed by atoms with Crippen LogP contribution in [-0.4, -0.2) is 28.8 Å². The third-order valence-electron chi connectivity index (χ3n) is 3.37. The van der Waals surface area contributed by atoms with Crippen LogP contribution in [-0.2, 0) is 0 Å². The van der Waals surface area contributed by atoms with Crippen molar-refractivity contribution in [3.63, 3.8) is 0 Å². The fourth-order valence-electron chi connectivity index (χ4n) is 2.17. The topological polar surface area (TPSA) is 98.9 Å². The van der Waals surface area contributed by atoms with Crippen molar-refractivity contribution >= 4 is 28.5 Å². The summed E-state index contributed by atoms with van der Waals surface area (Å²) in [4.78, 5) is 30.9. The number of benzene rings is 1. The first-order valence-corrected chi connectivity index (χ1v) is 6.99. The Bertz CT molecular complexity index is 854. The molecule has 23 heavy (non-hydrogen) atoms. The maximum Gasteiger partial charge on any atom is 0.273 e. The van der Waals surface area contributed by atoms with Crippen molar-refractivity contribution in [1.82, 2.24) is 20.7 Å². The number of aromatic nitrogens is 2. The zero-order valence-corrected chi connectivity index (χ0v) is 12.4. The normalized spacial score (nSPS) is 10.3. The highest BCUT2D eigenvalue weighted by atomic mass is 16.2. The Morgan fingerprint density at radius 1 is 1.09 bits per heavy atom. The molecule has 0 aliphatic rings. The third-order valence-corrected chi connectivity index (χ3v) is 3.37. The molecule has 1 aromatic carbocycles. The molecule has 0 spiro atoms. The zero-order valence-electron chi connectivity index (χ0n) is 12.4. The fraction of sp³-hybridized carbons (Fsp3) is 0.0625. The Hall–Kier alpha value is -3.35. The minimum absolute atomic E-state index is 0.162. The number of aromatic amines is 1. The van der Waals surface area contributed by atoms with Crippen molar-refractivity contribution in [2.24, 2.45) is 0 Å². The number of nitrogens with zero attached hydrogens (tertiary/aromatic N) is 1. The Balaban J connectivity index is 1.68. The van der Waals surface area contributed by atoms with Crippen LogP contribution in [0.4, 0.5) is 5.69 Å².